The van der Waals surface area contributed by atoms with Gasteiger partial charge in [0.15, 0.2) is 0 Å². The average Bonchev–Trinajstić information content (AvgIpc) is 2.82. The van der Waals surface area contributed by atoms with Crippen molar-refractivity contribution in [1.82, 2.24) is 9.78 Å². The molecule has 5 heteroatoms. The predicted molar refractivity (Wildman–Crippen MR) is 60.4 cm³/mol. The number of nitrogens with two attached hydrogens (primary N) is 1. The van der Waals surface area contributed by atoms with Gasteiger partial charge in [-0.05, 0) is 19.8 Å². The van der Waals surface area contributed by atoms with Crippen LogP contribution in [-0.4, -0.2) is 35.1 Å². The highest BCUT2D eigenvalue weighted by molar-refractivity contribution is 5.14. The van der Waals surface area contributed by atoms with Crippen LogP contribution in [-0.2, 0) is 11.8 Å². The fourth-order valence-electron chi connectivity index (χ4n) is 1.98. The van der Waals surface area contributed by atoms with Crippen molar-refractivity contribution >= 4 is 0 Å². The number of ether oxygens (including phenoxy) is 2. The molecule has 1 aliphatic rings. The van der Waals surface area contributed by atoms with E-state index in [2.05, 4.69) is 5.10 Å². The molecule has 0 radical (unpaired) electrons. The Morgan fingerprint density at radius 1 is 1.56 bits per heavy atom. The summed E-state index contributed by atoms with van der Waals surface area (Å²) in [5, 5.41) is 4.22. The van der Waals surface area contributed by atoms with E-state index in [0.717, 1.165) is 24.4 Å². The molecule has 2 atom stereocenters. The van der Waals surface area contributed by atoms with Gasteiger partial charge in [0.25, 0.3) is 0 Å². The molecule has 0 aliphatic carbocycles. The second-order valence-electron chi connectivity index (χ2n) is 4.25. The Balaban J connectivity index is 1.82. The molecule has 0 bridgehead atoms. The van der Waals surface area contributed by atoms with Crippen LogP contribution in [0.1, 0.15) is 18.5 Å². The molecular weight excluding hydrogens is 206 g/mol. The maximum absolute atomic E-state index is 5.70. The molecule has 2 N–H and O–H groups in total. The van der Waals surface area contributed by atoms with Gasteiger partial charge in [-0.25, -0.2) is 4.68 Å². The first kappa shape index (κ1) is 11.4. The first-order valence-electron chi connectivity index (χ1n) is 5.68. The summed E-state index contributed by atoms with van der Waals surface area (Å²) in [6, 6.07) is 1.93. The Labute approximate surface area is 95.5 Å². The average molecular weight is 225 g/mol. The van der Waals surface area contributed by atoms with Gasteiger partial charge in [0.05, 0.1) is 17.9 Å². The summed E-state index contributed by atoms with van der Waals surface area (Å²) in [7, 11) is 1.88. The van der Waals surface area contributed by atoms with Gasteiger partial charge in [0.2, 0.25) is 5.88 Å². The molecule has 1 aromatic heterocycles. The van der Waals surface area contributed by atoms with Gasteiger partial charge in [-0.1, -0.05) is 0 Å². The number of aryl methyl sites for hydroxylation is 2. The molecule has 0 saturated carbocycles. The molecule has 0 amide bonds. The van der Waals surface area contributed by atoms with Gasteiger partial charge in [0, 0.05) is 19.7 Å². The van der Waals surface area contributed by atoms with Crippen molar-refractivity contribution in [3.63, 3.8) is 0 Å². The van der Waals surface area contributed by atoms with Crippen molar-refractivity contribution < 1.29 is 9.47 Å². The van der Waals surface area contributed by atoms with Crippen LogP contribution < -0.4 is 10.5 Å². The van der Waals surface area contributed by atoms with Gasteiger partial charge >= 0.3 is 0 Å². The van der Waals surface area contributed by atoms with Gasteiger partial charge < -0.3 is 15.2 Å². The standard InChI is InChI=1S/C11H19N3O2/c1-8-5-11(14(2)13-8)15-7-10-4-3-9(6-12)16-10/h5,9-10H,3-4,6-7,12H2,1-2H3. The predicted octanol–water partition coefficient (Wildman–Crippen LogP) is 0.614. The van der Waals surface area contributed by atoms with E-state index in [0.29, 0.717) is 13.2 Å². The Morgan fingerprint density at radius 3 is 2.88 bits per heavy atom. The molecule has 16 heavy (non-hydrogen) atoms. The summed E-state index contributed by atoms with van der Waals surface area (Å²) in [6.45, 7) is 3.13. The normalized spacial score (nSPS) is 24.9. The minimum Gasteiger partial charge on any atom is -0.475 e. The van der Waals surface area contributed by atoms with E-state index >= 15 is 0 Å². The van der Waals surface area contributed by atoms with Gasteiger partial charge in [-0.15, -0.1) is 0 Å². The van der Waals surface area contributed by atoms with Crippen molar-refractivity contribution in [2.45, 2.75) is 32.0 Å². The van der Waals surface area contributed by atoms with Gasteiger partial charge in [-0.2, -0.15) is 5.10 Å². The molecule has 0 spiro atoms. The highest BCUT2D eigenvalue weighted by Gasteiger charge is 2.24. The topological polar surface area (TPSA) is 62.3 Å². The summed E-state index contributed by atoms with van der Waals surface area (Å²) in [4.78, 5) is 0. The van der Waals surface area contributed by atoms with E-state index in [1.165, 1.54) is 0 Å². The van der Waals surface area contributed by atoms with E-state index in [1.807, 2.05) is 20.0 Å². The van der Waals surface area contributed by atoms with E-state index < -0.39 is 0 Å². The molecule has 1 saturated heterocycles. The van der Waals surface area contributed by atoms with Crippen LogP contribution in [0.25, 0.3) is 0 Å². The molecule has 2 rings (SSSR count). The number of nitrogens with zero attached hydrogens (tertiary/aromatic N) is 2. The molecule has 0 aromatic carbocycles. The third-order valence-electron chi connectivity index (χ3n) is 2.83. The summed E-state index contributed by atoms with van der Waals surface area (Å²) in [5.41, 5.74) is 6.51. The van der Waals surface area contributed by atoms with E-state index in [4.69, 9.17) is 15.2 Å². The molecular formula is C11H19N3O2. The Hall–Kier alpha value is -1.07. The zero-order chi connectivity index (χ0) is 11.5. The lowest BCUT2D eigenvalue weighted by Crippen LogP contribution is -2.23. The second kappa shape index (κ2) is 4.84. The minimum atomic E-state index is 0.170. The van der Waals surface area contributed by atoms with Gasteiger partial charge in [-0.3, -0.25) is 0 Å². The number of rotatable bonds is 4. The van der Waals surface area contributed by atoms with E-state index in [9.17, 15) is 0 Å². The van der Waals surface area contributed by atoms with Crippen LogP contribution in [0.3, 0.4) is 0 Å². The van der Waals surface area contributed by atoms with Crippen molar-refractivity contribution in [3.8, 4) is 5.88 Å². The first-order valence-corrected chi connectivity index (χ1v) is 5.68. The van der Waals surface area contributed by atoms with Crippen molar-refractivity contribution in [3.05, 3.63) is 11.8 Å². The lowest BCUT2D eigenvalue weighted by molar-refractivity contribution is 0.0203. The molecule has 2 unspecified atom stereocenters. The smallest absolute Gasteiger partial charge is 0.211 e. The molecule has 1 aromatic rings. The van der Waals surface area contributed by atoms with E-state index in [1.54, 1.807) is 4.68 Å². The fourth-order valence-corrected chi connectivity index (χ4v) is 1.98. The quantitative estimate of drug-likeness (QED) is 0.815. The Morgan fingerprint density at radius 2 is 2.31 bits per heavy atom. The monoisotopic (exact) mass is 225 g/mol. The largest absolute Gasteiger partial charge is 0.475 e. The molecule has 5 nitrogen and oxygen atoms in total. The van der Waals surface area contributed by atoms with Crippen LogP contribution in [0, 0.1) is 6.92 Å². The van der Waals surface area contributed by atoms with Crippen molar-refractivity contribution in [1.29, 1.82) is 0 Å². The zero-order valence-corrected chi connectivity index (χ0v) is 9.85. The maximum Gasteiger partial charge on any atom is 0.211 e. The highest BCUT2D eigenvalue weighted by Crippen LogP contribution is 2.20. The molecule has 2 heterocycles. The minimum absolute atomic E-state index is 0.170. The van der Waals surface area contributed by atoms with Crippen LogP contribution in [0.2, 0.25) is 0 Å². The Kier molecular flexibility index (Phi) is 3.46. The zero-order valence-electron chi connectivity index (χ0n) is 9.85. The number of aromatic nitrogens is 2. The molecule has 1 fully saturated rings. The van der Waals surface area contributed by atoms with Crippen molar-refractivity contribution in [2.24, 2.45) is 12.8 Å². The fraction of sp³-hybridized carbons (Fsp3) is 0.727. The van der Waals surface area contributed by atoms with E-state index in [-0.39, 0.29) is 12.2 Å². The first-order chi connectivity index (χ1) is 7.69. The number of hydrogen-bond acceptors (Lipinski definition) is 4. The number of hydrogen-bond donors (Lipinski definition) is 1. The second-order valence-corrected chi connectivity index (χ2v) is 4.25. The Bertz CT molecular complexity index is 351. The lowest BCUT2D eigenvalue weighted by Gasteiger charge is -2.13. The maximum atomic E-state index is 5.70. The third kappa shape index (κ3) is 2.54. The van der Waals surface area contributed by atoms with Crippen LogP contribution in [0.4, 0.5) is 0 Å². The molecule has 90 valence electrons. The molecule has 1 aliphatic heterocycles. The summed E-state index contributed by atoms with van der Waals surface area (Å²) in [5.74, 6) is 0.789. The van der Waals surface area contributed by atoms with Gasteiger partial charge in [0.1, 0.15) is 6.61 Å². The summed E-state index contributed by atoms with van der Waals surface area (Å²) >= 11 is 0. The van der Waals surface area contributed by atoms with Crippen LogP contribution >= 0.6 is 0 Å². The third-order valence-corrected chi connectivity index (χ3v) is 2.83. The summed E-state index contributed by atoms with van der Waals surface area (Å²) < 4.78 is 13.1. The highest BCUT2D eigenvalue weighted by atomic mass is 16.5. The summed E-state index contributed by atoms with van der Waals surface area (Å²) in [6.07, 6.45) is 2.44. The van der Waals surface area contributed by atoms with Crippen LogP contribution in [0.5, 0.6) is 5.88 Å². The van der Waals surface area contributed by atoms with Crippen molar-refractivity contribution in [2.75, 3.05) is 13.2 Å². The van der Waals surface area contributed by atoms with Crippen LogP contribution in [0.15, 0.2) is 6.07 Å². The lowest BCUT2D eigenvalue weighted by atomic mass is 10.2. The SMILES string of the molecule is Cc1cc(OCC2CCC(CN)O2)n(C)n1.